The molecular formula is C20H18ClN3O2S2. The fourth-order valence-corrected chi connectivity index (χ4v) is 4.90. The van der Waals surface area contributed by atoms with E-state index in [1.807, 2.05) is 48.5 Å². The number of anilines is 1. The van der Waals surface area contributed by atoms with Crippen LogP contribution in [-0.4, -0.2) is 24.3 Å². The molecule has 5 nitrogen and oxygen atoms in total. The van der Waals surface area contributed by atoms with Gasteiger partial charge in [0.2, 0.25) is 0 Å². The van der Waals surface area contributed by atoms with Gasteiger partial charge in [0.15, 0.2) is 5.11 Å². The highest BCUT2D eigenvalue weighted by molar-refractivity contribution is 7.80. The van der Waals surface area contributed by atoms with Crippen molar-refractivity contribution in [3.63, 3.8) is 0 Å². The van der Waals surface area contributed by atoms with E-state index in [0.717, 1.165) is 26.3 Å². The fraction of sp³-hybridized carbons (Fsp3) is 0.200. The third-order valence-electron chi connectivity index (χ3n) is 4.63. The van der Waals surface area contributed by atoms with Crippen LogP contribution < -0.4 is 19.7 Å². The minimum Gasteiger partial charge on any atom is -0.497 e. The topological polar surface area (TPSA) is 46.6 Å². The quantitative estimate of drug-likeness (QED) is 0.574. The average Bonchev–Trinajstić information content (AvgIpc) is 3.30. The van der Waals surface area contributed by atoms with Crippen molar-refractivity contribution in [2.75, 3.05) is 19.1 Å². The van der Waals surface area contributed by atoms with E-state index in [0.29, 0.717) is 10.9 Å². The first-order valence-electron chi connectivity index (χ1n) is 8.60. The molecule has 3 aromatic rings. The number of hydrogen-bond donors (Lipinski definition) is 1. The second kappa shape index (κ2) is 7.95. The Hall–Kier alpha value is -2.35. The van der Waals surface area contributed by atoms with Crippen LogP contribution in [0.3, 0.4) is 0 Å². The molecule has 1 aliphatic rings. The van der Waals surface area contributed by atoms with Gasteiger partial charge in [-0.15, -0.1) is 11.3 Å². The number of methoxy groups -OCH3 is 2. The van der Waals surface area contributed by atoms with Gasteiger partial charge in [-0.3, -0.25) is 4.98 Å². The van der Waals surface area contributed by atoms with Crippen LogP contribution in [-0.2, 0) is 0 Å². The Labute approximate surface area is 177 Å². The second-order valence-corrected chi connectivity index (χ2v) is 8.31. The van der Waals surface area contributed by atoms with E-state index in [9.17, 15) is 0 Å². The highest BCUT2D eigenvalue weighted by Gasteiger charge is 2.42. The molecular weight excluding hydrogens is 414 g/mol. The lowest BCUT2D eigenvalue weighted by atomic mass is 10.0. The molecule has 0 aliphatic carbocycles. The summed E-state index contributed by atoms with van der Waals surface area (Å²) in [6.07, 6.45) is 1.79. The molecule has 1 saturated heterocycles. The van der Waals surface area contributed by atoms with Crippen molar-refractivity contribution in [2.24, 2.45) is 0 Å². The number of ether oxygens (including phenoxy) is 2. The molecule has 0 bridgehead atoms. The molecule has 2 aromatic heterocycles. The lowest BCUT2D eigenvalue weighted by Gasteiger charge is -2.28. The molecule has 1 fully saturated rings. The summed E-state index contributed by atoms with van der Waals surface area (Å²) < 4.78 is 11.7. The van der Waals surface area contributed by atoms with E-state index in [4.69, 9.17) is 33.3 Å². The molecule has 28 heavy (non-hydrogen) atoms. The van der Waals surface area contributed by atoms with Gasteiger partial charge in [0.25, 0.3) is 0 Å². The minimum absolute atomic E-state index is 0.109. The first kappa shape index (κ1) is 19.0. The Kier molecular flexibility index (Phi) is 5.39. The van der Waals surface area contributed by atoms with Crippen LogP contribution in [0.25, 0.3) is 0 Å². The lowest BCUT2D eigenvalue weighted by molar-refractivity contribution is 0.394. The van der Waals surface area contributed by atoms with Crippen molar-refractivity contribution in [1.82, 2.24) is 10.3 Å². The van der Waals surface area contributed by atoms with Crippen LogP contribution in [0.2, 0.25) is 4.34 Å². The van der Waals surface area contributed by atoms with Gasteiger partial charge in [0, 0.05) is 17.1 Å². The molecule has 0 spiro atoms. The Morgan fingerprint density at radius 3 is 2.64 bits per heavy atom. The lowest BCUT2D eigenvalue weighted by Crippen LogP contribution is -2.29. The predicted molar refractivity (Wildman–Crippen MR) is 117 cm³/mol. The number of nitrogens with zero attached hydrogens (tertiary/aromatic N) is 2. The van der Waals surface area contributed by atoms with Gasteiger partial charge in [0.05, 0.1) is 42.0 Å². The van der Waals surface area contributed by atoms with Gasteiger partial charge in [-0.25, -0.2) is 0 Å². The van der Waals surface area contributed by atoms with Gasteiger partial charge in [-0.2, -0.15) is 0 Å². The third-order valence-corrected chi connectivity index (χ3v) is 6.25. The predicted octanol–water partition coefficient (Wildman–Crippen LogP) is 4.99. The van der Waals surface area contributed by atoms with Gasteiger partial charge >= 0.3 is 0 Å². The normalized spacial score (nSPS) is 18.8. The first-order valence-corrected chi connectivity index (χ1v) is 10.2. The summed E-state index contributed by atoms with van der Waals surface area (Å²) in [5.41, 5.74) is 1.77. The number of hydrogen-bond acceptors (Lipinski definition) is 5. The summed E-state index contributed by atoms with van der Waals surface area (Å²) in [5, 5.41) is 4.03. The molecule has 2 atom stereocenters. The van der Waals surface area contributed by atoms with E-state index >= 15 is 0 Å². The van der Waals surface area contributed by atoms with Crippen LogP contribution in [0.1, 0.15) is 22.7 Å². The summed E-state index contributed by atoms with van der Waals surface area (Å²) in [6.45, 7) is 0. The van der Waals surface area contributed by atoms with Crippen molar-refractivity contribution in [2.45, 2.75) is 12.1 Å². The zero-order valence-electron chi connectivity index (χ0n) is 15.3. The summed E-state index contributed by atoms with van der Waals surface area (Å²) in [7, 11) is 3.27. The van der Waals surface area contributed by atoms with Crippen LogP contribution in [0.4, 0.5) is 5.69 Å². The standard InChI is InChI=1S/C20H18ClN3O2S2/c1-25-12-6-7-14(15(11-12)26-2)24-19(16-8-9-17(21)28-16)18(23-20(24)27)13-5-3-4-10-22-13/h3-11,18-19H,1-2H3,(H,23,27)/t18-,19+/m0/s1. The van der Waals surface area contributed by atoms with Crippen LogP contribution in [0, 0.1) is 0 Å². The maximum Gasteiger partial charge on any atom is 0.174 e. The van der Waals surface area contributed by atoms with Gasteiger partial charge in [-0.05, 0) is 48.6 Å². The number of thiophene rings is 1. The van der Waals surface area contributed by atoms with E-state index in [-0.39, 0.29) is 12.1 Å². The maximum absolute atomic E-state index is 6.25. The smallest absolute Gasteiger partial charge is 0.174 e. The summed E-state index contributed by atoms with van der Waals surface area (Å²) in [4.78, 5) is 7.70. The number of aromatic nitrogens is 1. The average molecular weight is 432 g/mol. The molecule has 4 rings (SSSR count). The van der Waals surface area contributed by atoms with E-state index in [1.54, 1.807) is 20.4 Å². The van der Waals surface area contributed by atoms with Crippen molar-refractivity contribution in [3.8, 4) is 11.5 Å². The maximum atomic E-state index is 6.25. The zero-order chi connectivity index (χ0) is 19.7. The molecule has 0 amide bonds. The summed E-state index contributed by atoms with van der Waals surface area (Å²) in [6, 6.07) is 15.3. The number of halogens is 1. The van der Waals surface area contributed by atoms with Crippen molar-refractivity contribution in [1.29, 1.82) is 0 Å². The fourth-order valence-electron chi connectivity index (χ4n) is 3.37. The number of pyridine rings is 1. The zero-order valence-corrected chi connectivity index (χ0v) is 17.6. The summed E-state index contributed by atoms with van der Waals surface area (Å²) in [5.74, 6) is 1.40. The second-order valence-electron chi connectivity index (χ2n) is 6.18. The molecule has 1 aromatic carbocycles. The molecule has 0 unspecified atom stereocenters. The molecule has 144 valence electrons. The first-order chi connectivity index (χ1) is 13.6. The number of benzene rings is 1. The van der Waals surface area contributed by atoms with E-state index in [1.165, 1.54) is 11.3 Å². The number of thiocarbonyl (C=S) groups is 1. The van der Waals surface area contributed by atoms with Crippen molar-refractivity contribution < 1.29 is 9.47 Å². The molecule has 8 heteroatoms. The molecule has 3 heterocycles. The SMILES string of the molecule is COc1ccc(N2C(=S)N[C@@H](c3ccccn3)[C@H]2c2ccc(Cl)s2)c(OC)c1. The molecule has 1 N–H and O–H groups in total. The van der Waals surface area contributed by atoms with Gasteiger partial charge < -0.3 is 19.7 Å². The molecule has 0 saturated carbocycles. The highest BCUT2D eigenvalue weighted by atomic mass is 35.5. The Balaban J connectivity index is 1.84. The number of nitrogens with one attached hydrogen (secondary N) is 1. The highest BCUT2D eigenvalue weighted by Crippen LogP contribution is 2.47. The number of rotatable bonds is 5. The largest absolute Gasteiger partial charge is 0.497 e. The van der Waals surface area contributed by atoms with E-state index < -0.39 is 0 Å². The van der Waals surface area contributed by atoms with E-state index in [2.05, 4.69) is 15.2 Å². The Morgan fingerprint density at radius 1 is 1.14 bits per heavy atom. The Bertz CT molecular complexity index is 996. The van der Waals surface area contributed by atoms with Gasteiger partial charge in [-0.1, -0.05) is 17.7 Å². The molecule has 1 aliphatic heterocycles. The monoisotopic (exact) mass is 431 g/mol. The Morgan fingerprint density at radius 2 is 2.00 bits per heavy atom. The van der Waals surface area contributed by atoms with Crippen molar-refractivity contribution >= 4 is 46.0 Å². The van der Waals surface area contributed by atoms with Crippen molar-refractivity contribution in [3.05, 3.63) is 69.6 Å². The van der Waals surface area contributed by atoms with Crippen LogP contribution in [0.5, 0.6) is 11.5 Å². The summed E-state index contributed by atoms with van der Waals surface area (Å²) >= 11 is 13.5. The minimum atomic E-state index is -0.116. The van der Waals surface area contributed by atoms with Crippen LogP contribution >= 0.6 is 35.2 Å². The van der Waals surface area contributed by atoms with Gasteiger partial charge in [0.1, 0.15) is 11.5 Å². The van der Waals surface area contributed by atoms with Crippen LogP contribution in [0.15, 0.2) is 54.7 Å². The molecule has 0 radical (unpaired) electrons. The third kappa shape index (κ3) is 3.41.